The van der Waals surface area contributed by atoms with E-state index in [1.165, 1.54) is 24.9 Å². The molecular weight excluding hydrogens is 314 g/mol. The third-order valence-electron chi connectivity index (χ3n) is 3.42. The lowest BCUT2D eigenvalue weighted by molar-refractivity contribution is -0.117. The fourth-order valence-corrected chi connectivity index (χ4v) is 2.79. The van der Waals surface area contributed by atoms with Crippen molar-refractivity contribution in [2.45, 2.75) is 5.60 Å². The summed E-state index contributed by atoms with van der Waals surface area (Å²) in [5.74, 6) is 0.0330. The summed E-state index contributed by atoms with van der Waals surface area (Å²) in [5, 5.41) is 17.5. The Kier molecular flexibility index (Phi) is 4.45. The molecule has 6 heteroatoms. The molecule has 0 bridgehead atoms. The minimum atomic E-state index is -1.48. The molecule has 118 valence electrons. The van der Waals surface area contributed by atoms with Crippen LogP contribution in [0.3, 0.4) is 0 Å². The second kappa shape index (κ2) is 6.68. The minimum Gasteiger partial charge on any atom is -0.472 e. The molecule has 3 aromatic heterocycles. The van der Waals surface area contributed by atoms with Gasteiger partial charge in [0.25, 0.3) is 0 Å². The molecule has 3 aromatic rings. The Bertz CT molecular complexity index is 724. The van der Waals surface area contributed by atoms with Crippen molar-refractivity contribution in [3.63, 3.8) is 0 Å². The van der Waals surface area contributed by atoms with Gasteiger partial charge in [-0.3, -0.25) is 4.79 Å². The Hall–Kier alpha value is -2.57. The van der Waals surface area contributed by atoms with E-state index in [-0.39, 0.29) is 12.5 Å². The minimum absolute atomic E-state index is 0.0349. The van der Waals surface area contributed by atoms with Crippen LogP contribution in [0.2, 0.25) is 0 Å². The second-order valence-corrected chi connectivity index (χ2v) is 5.74. The van der Waals surface area contributed by atoms with Crippen LogP contribution in [0.1, 0.15) is 16.9 Å². The molecule has 0 radical (unpaired) electrons. The SMILES string of the molecule is O=C(/C=C/c1ccsc1)NCC(O)(c1ccoc1)c1ccco1. The first kappa shape index (κ1) is 15.3. The maximum absolute atomic E-state index is 12.0. The number of amides is 1. The van der Waals surface area contributed by atoms with E-state index in [1.807, 2.05) is 16.8 Å². The molecule has 0 saturated carbocycles. The largest absolute Gasteiger partial charge is 0.472 e. The van der Waals surface area contributed by atoms with Crippen molar-refractivity contribution < 1.29 is 18.7 Å². The van der Waals surface area contributed by atoms with Gasteiger partial charge in [-0.2, -0.15) is 11.3 Å². The van der Waals surface area contributed by atoms with Crippen LogP contribution in [0.15, 0.2) is 68.7 Å². The summed E-state index contributed by atoms with van der Waals surface area (Å²) in [6.07, 6.45) is 7.51. The molecule has 2 N–H and O–H groups in total. The number of carbonyl (C=O) groups excluding carboxylic acids is 1. The van der Waals surface area contributed by atoms with Gasteiger partial charge in [-0.05, 0) is 46.7 Å². The fourth-order valence-electron chi connectivity index (χ4n) is 2.16. The first-order chi connectivity index (χ1) is 11.2. The van der Waals surface area contributed by atoms with Crippen molar-refractivity contribution in [2.24, 2.45) is 0 Å². The molecule has 1 amide bonds. The van der Waals surface area contributed by atoms with Crippen LogP contribution in [0.5, 0.6) is 0 Å². The molecule has 1 atom stereocenters. The van der Waals surface area contributed by atoms with E-state index in [1.54, 1.807) is 35.6 Å². The maximum Gasteiger partial charge on any atom is 0.244 e. The highest BCUT2D eigenvalue weighted by Crippen LogP contribution is 2.29. The smallest absolute Gasteiger partial charge is 0.244 e. The van der Waals surface area contributed by atoms with Gasteiger partial charge in [-0.15, -0.1) is 0 Å². The predicted molar refractivity (Wildman–Crippen MR) is 86.8 cm³/mol. The van der Waals surface area contributed by atoms with E-state index in [0.717, 1.165) is 5.56 Å². The van der Waals surface area contributed by atoms with E-state index in [0.29, 0.717) is 11.3 Å². The normalized spacial score (nSPS) is 14.0. The van der Waals surface area contributed by atoms with Crippen LogP contribution in [-0.2, 0) is 10.4 Å². The number of carbonyl (C=O) groups is 1. The first-order valence-electron chi connectivity index (χ1n) is 6.95. The van der Waals surface area contributed by atoms with Gasteiger partial charge in [0.05, 0.1) is 25.3 Å². The molecule has 0 aromatic carbocycles. The highest BCUT2D eigenvalue weighted by Gasteiger charge is 2.35. The van der Waals surface area contributed by atoms with Crippen LogP contribution < -0.4 is 5.32 Å². The molecule has 0 aliphatic carbocycles. The van der Waals surface area contributed by atoms with E-state index in [4.69, 9.17) is 8.83 Å². The van der Waals surface area contributed by atoms with Crippen molar-refractivity contribution in [3.05, 3.63) is 76.8 Å². The summed E-state index contributed by atoms with van der Waals surface area (Å²) in [6.45, 7) is -0.0349. The number of hydrogen-bond acceptors (Lipinski definition) is 5. The van der Waals surface area contributed by atoms with Gasteiger partial charge in [0, 0.05) is 11.6 Å². The van der Waals surface area contributed by atoms with Crippen LogP contribution in [0, 0.1) is 0 Å². The van der Waals surface area contributed by atoms with Gasteiger partial charge >= 0.3 is 0 Å². The van der Waals surface area contributed by atoms with Gasteiger partial charge in [0.2, 0.25) is 5.91 Å². The van der Waals surface area contributed by atoms with E-state index < -0.39 is 5.60 Å². The lowest BCUT2D eigenvalue weighted by Crippen LogP contribution is -2.40. The molecule has 5 nitrogen and oxygen atoms in total. The van der Waals surface area contributed by atoms with Gasteiger partial charge < -0.3 is 19.3 Å². The zero-order chi connectivity index (χ0) is 16.1. The molecule has 0 fully saturated rings. The molecule has 0 saturated heterocycles. The number of hydrogen-bond donors (Lipinski definition) is 2. The molecular formula is C17H15NO4S. The molecule has 0 aliphatic heterocycles. The average Bonchev–Trinajstić information content (AvgIpc) is 3.33. The number of nitrogens with one attached hydrogen (secondary N) is 1. The molecule has 1 unspecified atom stereocenters. The first-order valence-corrected chi connectivity index (χ1v) is 7.90. The van der Waals surface area contributed by atoms with E-state index in [9.17, 15) is 9.90 Å². The van der Waals surface area contributed by atoms with Crippen molar-refractivity contribution in [1.29, 1.82) is 0 Å². The third-order valence-corrected chi connectivity index (χ3v) is 4.12. The zero-order valence-electron chi connectivity index (χ0n) is 12.1. The Labute approximate surface area is 136 Å². The van der Waals surface area contributed by atoms with Crippen LogP contribution in [-0.4, -0.2) is 17.6 Å². The summed E-state index contributed by atoms with van der Waals surface area (Å²) in [7, 11) is 0. The van der Waals surface area contributed by atoms with E-state index >= 15 is 0 Å². The summed E-state index contributed by atoms with van der Waals surface area (Å²) < 4.78 is 10.3. The van der Waals surface area contributed by atoms with Gasteiger partial charge in [-0.1, -0.05) is 0 Å². The van der Waals surface area contributed by atoms with Crippen molar-refractivity contribution in [1.82, 2.24) is 5.32 Å². The highest BCUT2D eigenvalue weighted by molar-refractivity contribution is 7.08. The highest BCUT2D eigenvalue weighted by atomic mass is 32.1. The maximum atomic E-state index is 12.0. The van der Waals surface area contributed by atoms with Crippen LogP contribution >= 0.6 is 11.3 Å². The lowest BCUT2D eigenvalue weighted by atomic mass is 9.93. The second-order valence-electron chi connectivity index (χ2n) is 4.96. The summed E-state index contributed by atoms with van der Waals surface area (Å²) in [6, 6.07) is 6.88. The van der Waals surface area contributed by atoms with Gasteiger partial charge in [0.1, 0.15) is 5.76 Å². The Morgan fingerprint density at radius 1 is 1.35 bits per heavy atom. The topological polar surface area (TPSA) is 75.6 Å². The lowest BCUT2D eigenvalue weighted by Gasteiger charge is -2.24. The molecule has 3 heterocycles. The standard InChI is InChI=1S/C17H15NO4S/c19-16(4-3-13-6-9-23-11-13)18-12-17(20,14-5-8-21-10-14)15-2-1-7-22-15/h1-11,20H,12H2,(H,18,19)/b4-3+. The Morgan fingerprint density at radius 2 is 2.26 bits per heavy atom. The molecule has 0 aliphatic rings. The Morgan fingerprint density at radius 3 is 2.91 bits per heavy atom. The summed E-state index contributed by atoms with van der Waals surface area (Å²) in [5.41, 5.74) is -0.0154. The number of rotatable bonds is 6. The number of furan rings is 2. The molecule has 23 heavy (non-hydrogen) atoms. The molecule has 0 spiro atoms. The summed E-state index contributed by atoms with van der Waals surface area (Å²) in [4.78, 5) is 12.0. The third kappa shape index (κ3) is 3.44. The van der Waals surface area contributed by atoms with Crippen molar-refractivity contribution >= 4 is 23.3 Å². The molecule has 3 rings (SSSR count). The number of aliphatic hydroxyl groups is 1. The number of thiophene rings is 1. The quantitative estimate of drug-likeness (QED) is 0.682. The van der Waals surface area contributed by atoms with Gasteiger partial charge in [0.15, 0.2) is 5.60 Å². The van der Waals surface area contributed by atoms with Crippen LogP contribution in [0.4, 0.5) is 0 Å². The monoisotopic (exact) mass is 329 g/mol. The fraction of sp³-hybridized carbons (Fsp3) is 0.118. The van der Waals surface area contributed by atoms with Crippen LogP contribution in [0.25, 0.3) is 6.08 Å². The average molecular weight is 329 g/mol. The Balaban J connectivity index is 1.71. The van der Waals surface area contributed by atoms with E-state index in [2.05, 4.69) is 5.32 Å². The zero-order valence-corrected chi connectivity index (χ0v) is 13.0. The van der Waals surface area contributed by atoms with Crippen molar-refractivity contribution in [3.8, 4) is 0 Å². The summed E-state index contributed by atoms with van der Waals surface area (Å²) >= 11 is 1.56. The van der Waals surface area contributed by atoms with Gasteiger partial charge in [-0.25, -0.2) is 0 Å². The predicted octanol–water partition coefficient (Wildman–Crippen LogP) is 3.00. The van der Waals surface area contributed by atoms with Crippen molar-refractivity contribution in [2.75, 3.05) is 6.54 Å².